The van der Waals surface area contributed by atoms with Gasteiger partial charge in [-0.3, -0.25) is 14.5 Å². The smallest absolute Gasteiger partial charge is 0.297 e. The van der Waals surface area contributed by atoms with E-state index in [9.17, 15) is 9.59 Å². The van der Waals surface area contributed by atoms with Crippen LogP contribution >= 0.6 is 22.9 Å². The van der Waals surface area contributed by atoms with E-state index in [4.69, 9.17) is 20.8 Å². The van der Waals surface area contributed by atoms with Gasteiger partial charge in [0.05, 0.1) is 23.6 Å². The minimum Gasteiger partial charge on any atom is -0.494 e. The van der Waals surface area contributed by atoms with Gasteiger partial charge in [0.1, 0.15) is 16.3 Å². The van der Waals surface area contributed by atoms with Crippen LogP contribution in [0.25, 0.3) is 11.0 Å². The maximum absolute atomic E-state index is 13.5. The fraction of sp³-hybridized carbons (Fsp3) is 0.217. The van der Waals surface area contributed by atoms with Crippen LogP contribution in [0, 0.1) is 6.92 Å². The van der Waals surface area contributed by atoms with E-state index < -0.39 is 11.9 Å². The standard InChI is InChI=1S/C23H18ClN3O4S/c1-3-10-30-15-7-4-13(5-8-15)19-18-20(28)16-11-14(24)6-9-17(16)31-21(18)22(29)27(19)23-26-25-12(2)32-23/h4-9,11,19H,3,10H2,1-2H3/t19-/m0/s1. The van der Waals surface area contributed by atoms with Crippen molar-refractivity contribution in [2.75, 3.05) is 11.5 Å². The van der Waals surface area contributed by atoms with Crippen LogP contribution in [0.1, 0.15) is 46.1 Å². The molecule has 0 spiro atoms. The van der Waals surface area contributed by atoms with E-state index in [-0.39, 0.29) is 16.8 Å². The van der Waals surface area contributed by atoms with Gasteiger partial charge in [0.2, 0.25) is 10.9 Å². The molecule has 0 aliphatic carbocycles. The predicted molar refractivity (Wildman–Crippen MR) is 123 cm³/mol. The van der Waals surface area contributed by atoms with Gasteiger partial charge in [-0.05, 0) is 49.2 Å². The number of aromatic nitrogens is 2. The van der Waals surface area contributed by atoms with Crippen molar-refractivity contribution in [3.63, 3.8) is 0 Å². The fourth-order valence-corrected chi connectivity index (χ4v) is 4.69. The van der Waals surface area contributed by atoms with Crippen LogP contribution in [-0.4, -0.2) is 22.7 Å². The number of fused-ring (bicyclic) bond motifs is 2. The van der Waals surface area contributed by atoms with Gasteiger partial charge in [-0.15, -0.1) is 10.2 Å². The number of halogens is 1. The number of nitrogens with zero attached hydrogens (tertiary/aromatic N) is 3. The monoisotopic (exact) mass is 467 g/mol. The molecule has 3 heterocycles. The lowest BCUT2D eigenvalue weighted by atomic mass is 9.98. The first-order valence-electron chi connectivity index (χ1n) is 10.1. The number of benzene rings is 2. The number of carbonyl (C=O) groups is 1. The zero-order valence-electron chi connectivity index (χ0n) is 17.3. The second-order valence-corrected chi connectivity index (χ2v) is 9.01. The van der Waals surface area contributed by atoms with E-state index in [2.05, 4.69) is 10.2 Å². The van der Waals surface area contributed by atoms with Crippen molar-refractivity contribution in [3.8, 4) is 5.75 Å². The largest absolute Gasteiger partial charge is 0.494 e. The molecule has 0 saturated carbocycles. The highest BCUT2D eigenvalue weighted by atomic mass is 35.5. The van der Waals surface area contributed by atoms with E-state index in [0.29, 0.717) is 32.7 Å². The van der Waals surface area contributed by atoms with Gasteiger partial charge in [0, 0.05) is 5.02 Å². The maximum Gasteiger partial charge on any atom is 0.297 e. The number of rotatable bonds is 5. The molecule has 0 unspecified atom stereocenters. The molecule has 0 bridgehead atoms. The third kappa shape index (κ3) is 3.36. The molecular weight excluding hydrogens is 450 g/mol. The molecule has 5 rings (SSSR count). The molecule has 162 valence electrons. The second-order valence-electron chi connectivity index (χ2n) is 7.41. The Hall–Kier alpha value is -3.23. The number of amides is 1. The number of hydrogen-bond donors (Lipinski definition) is 0. The van der Waals surface area contributed by atoms with Crippen LogP contribution < -0.4 is 15.1 Å². The highest BCUT2D eigenvalue weighted by Crippen LogP contribution is 2.42. The van der Waals surface area contributed by atoms with Crippen molar-refractivity contribution in [2.45, 2.75) is 26.3 Å². The molecular formula is C23H18ClN3O4S. The lowest BCUT2D eigenvalue weighted by Gasteiger charge is -2.22. The Morgan fingerprint density at radius 1 is 1.16 bits per heavy atom. The Kier molecular flexibility index (Phi) is 5.19. The van der Waals surface area contributed by atoms with Crippen LogP contribution in [0.15, 0.2) is 51.7 Å². The lowest BCUT2D eigenvalue weighted by Crippen LogP contribution is -2.29. The van der Waals surface area contributed by atoms with Crippen LogP contribution in [0.4, 0.5) is 5.13 Å². The Bertz CT molecular complexity index is 1400. The quantitative estimate of drug-likeness (QED) is 0.403. The topological polar surface area (TPSA) is 85.5 Å². The Morgan fingerprint density at radius 2 is 1.94 bits per heavy atom. The summed E-state index contributed by atoms with van der Waals surface area (Å²) in [5, 5.41) is 10.1. The van der Waals surface area contributed by atoms with E-state index in [0.717, 1.165) is 17.7 Å². The molecule has 1 aliphatic rings. The van der Waals surface area contributed by atoms with Crippen molar-refractivity contribution in [1.29, 1.82) is 0 Å². The second kappa shape index (κ2) is 8.03. The van der Waals surface area contributed by atoms with Gasteiger partial charge in [0.25, 0.3) is 5.91 Å². The molecule has 9 heteroatoms. The Balaban J connectivity index is 1.72. The van der Waals surface area contributed by atoms with Gasteiger partial charge in [-0.25, -0.2) is 0 Å². The summed E-state index contributed by atoms with van der Waals surface area (Å²) in [5.74, 6) is 0.297. The SMILES string of the molecule is CCCOc1ccc([C@H]2c3c(oc4ccc(Cl)cc4c3=O)C(=O)N2c2nnc(C)s2)cc1. The van der Waals surface area contributed by atoms with Crippen molar-refractivity contribution < 1.29 is 13.9 Å². The lowest BCUT2D eigenvalue weighted by molar-refractivity contribution is 0.0970. The molecule has 2 aromatic carbocycles. The van der Waals surface area contributed by atoms with Crippen molar-refractivity contribution >= 4 is 44.9 Å². The number of anilines is 1. The van der Waals surface area contributed by atoms with Crippen molar-refractivity contribution in [3.05, 3.63) is 79.6 Å². The predicted octanol–water partition coefficient (Wildman–Crippen LogP) is 5.14. The first-order valence-corrected chi connectivity index (χ1v) is 11.3. The Labute approximate surface area is 192 Å². The molecule has 1 aliphatic heterocycles. The van der Waals surface area contributed by atoms with Crippen molar-refractivity contribution in [1.82, 2.24) is 10.2 Å². The van der Waals surface area contributed by atoms with Crippen LogP contribution in [0.2, 0.25) is 5.02 Å². The summed E-state index contributed by atoms with van der Waals surface area (Å²) in [4.78, 5) is 28.5. The molecule has 2 aromatic heterocycles. The molecule has 0 N–H and O–H groups in total. The number of hydrogen-bond acceptors (Lipinski definition) is 7. The minimum absolute atomic E-state index is 0.00832. The molecule has 1 amide bonds. The van der Waals surface area contributed by atoms with Gasteiger partial charge in [-0.2, -0.15) is 0 Å². The van der Waals surface area contributed by atoms with Gasteiger partial charge >= 0.3 is 0 Å². The maximum atomic E-state index is 13.5. The summed E-state index contributed by atoms with van der Waals surface area (Å²) >= 11 is 7.40. The molecule has 0 saturated heterocycles. The number of carbonyl (C=O) groups excluding carboxylic acids is 1. The molecule has 7 nitrogen and oxygen atoms in total. The van der Waals surface area contributed by atoms with Crippen molar-refractivity contribution in [2.24, 2.45) is 0 Å². The summed E-state index contributed by atoms with van der Waals surface area (Å²) in [5.41, 5.74) is 1.02. The van der Waals surface area contributed by atoms with Gasteiger partial charge < -0.3 is 9.15 Å². The van der Waals surface area contributed by atoms with E-state index in [1.807, 2.05) is 38.1 Å². The average Bonchev–Trinajstić information content (AvgIpc) is 3.34. The van der Waals surface area contributed by atoms with Crippen LogP contribution in [0.3, 0.4) is 0 Å². The Morgan fingerprint density at radius 3 is 2.62 bits per heavy atom. The summed E-state index contributed by atoms with van der Waals surface area (Å²) in [6.45, 7) is 4.45. The summed E-state index contributed by atoms with van der Waals surface area (Å²) in [7, 11) is 0. The summed E-state index contributed by atoms with van der Waals surface area (Å²) in [6, 6.07) is 11.4. The van der Waals surface area contributed by atoms with Crippen LogP contribution in [-0.2, 0) is 0 Å². The normalized spacial score (nSPS) is 15.4. The highest BCUT2D eigenvalue weighted by Gasteiger charge is 2.45. The average molecular weight is 468 g/mol. The molecule has 4 aromatic rings. The number of ether oxygens (including phenoxy) is 1. The zero-order chi connectivity index (χ0) is 22.4. The highest BCUT2D eigenvalue weighted by molar-refractivity contribution is 7.15. The van der Waals surface area contributed by atoms with Gasteiger partial charge in [-0.1, -0.05) is 42.0 Å². The molecule has 0 fully saturated rings. The third-order valence-electron chi connectivity index (χ3n) is 5.22. The molecule has 32 heavy (non-hydrogen) atoms. The zero-order valence-corrected chi connectivity index (χ0v) is 18.9. The third-order valence-corrected chi connectivity index (χ3v) is 6.30. The summed E-state index contributed by atoms with van der Waals surface area (Å²) in [6.07, 6.45) is 0.896. The first-order chi connectivity index (χ1) is 15.5. The molecule has 1 atom stereocenters. The summed E-state index contributed by atoms with van der Waals surface area (Å²) < 4.78 is 11.6. The fourth-order valence-electron chi connectivity index (χ4n) is 3.81. The van der Waals surface area contributed by atoms with Gasteiger partial charge in [0.15, 0.2) is 5.43 Å². The van der Waals surface area contributed by atoms with E-state index in [1.54, 1.807) is 18.2 Å². The minimum atomic E-state index is -0.704. The van der Waals surface area contributed by atoms with E-state index >= 15 is 0 Å². The first kappa shape index (κ1) is 20.7. The number of aryl methyl sites for hydroxylation is 1. The van der Waals surface area contributed by atoms with Crippen LogP contribution in [0.5, 0.6) is 5.75 Å². The molecule has 0 radical (unpaired) electrons. The van der Waals surface area contributed by atoms with E-state index in [1.165, 1.54) is 16.2 Å².